The number of nitrogens with one attached hydrogen (secondary N) is 1. The first-order valence-corrected chi connectivity index (χ1v) is 10.2. The minimum Gasteiger partial charge on any atom is -0.312 e. The lowest BCUT2D eigenvalue weighted by atomic mass is 10.0. The van der Waals surface area contributed by atoms with Crippen LogP contribution < -0.4 is 9.62 Å². The smallest absolute Gasteiger partial charge is 0.236 e. The van der Waals surface area contributed by atoms with Crippen LogP contribution in [0.1, 0.15) is 30.9 Å². The van der Waals surface area contributed by atoms with E-state index < -0.39 is 15.8 Å². The lowest BCUT2D eigenvalue weighted by Gasteiger charge is -2.29. The fraction of sp³-hybridized carbons (Fsp3) is 0.316. The zero-order valence-corrected chi connectivity index (χ0v) is 15.4. The van der Waals surface area contributed by atoms with E-state index in [-0.39, 0.29) is 11.7 Å². The van der Waals surface area contributed by atoms with Crippen LogP contribution in [0.3, 0.4) is 0 Å². The van der Waals surface area contributed by atoms with Crippen LogP contribution in [0.2, 0.25) is 0 Å². The number of benzene rings is 2. The molecular weight excluding hydrogens is 355 g/mol. The van der Waals surface area contributed by atoms with Crippen LogP contribution in [0.5, 0.6) is 0 Å². The second-order valence-electron chi connectivity index (χ2n) is 6.38. The van der Waals surface area contributed by atoms with E-state index in [0.717, 1.165) is 17.7 Å². The fourth-order valence-electron chi connectivity index (χ4n) is 3.11. The average Bonchev–Trinajstić information content (AvgIpc) is 2.59. The molecule has 5 nitrogen and oxygen atoms in total. The molecule has 1 amide bonds. The van der Waals surface area contributed by atoms with Gasteiger partial charge < -0.3 is 4.90 Å². The first kappa shape index (κ1) is 18.4. The van der Waals surface area contributed by atoms with E-state index in [9.17, 15) is 17.6 Å². The number of carbonyl (C=O) groups excluding carboxylic acids is 1. The molecule has 1 aliphatic heterocycles. The molecule has 0 fully saturated rings. The van der Waals surface area contributed by atoms with Gasteiger partial charge in [0.25, 0.3) is 0 Å². The zero-order chi connectivity index (χ0) is 18.7. The predicted octanol–water partition coefficient (Wildman–Crippen LogP) is 3.46. The summed E-state index contributed by atoms with van der Waals surface area (Å²) in [5.41, 5.74) is 2.79. The monoisotopic (exact) mass is 376 g/mol. The molecule has 0 aliphatic carbocycles. The second-order valence-corrected chi connectivity index (χ2v) is 8.10. The van der Waals surface area contributed by atoms with Gasteiger partial charge in [-0.1, -0.05) is 19.1 Å². The Labute approximate surface area is 152 Å². The number of hydrogen-bond donors (Lipinski definition) is 1. The topological polar surface area (TPSA) is 66.5 Å². The molecule has 0 saturated carbocycles. The first-order chi connectivity index (χ1) is 12.4. The van der Waals surface area contributed by atoms with Crippen molar-refractivity contribution in [1.82, 2.24) is 0 Å². The van der Waals surface area contributed by atoms with Crippen LogP contribution in [0.4, 0.5) is 15.8 Å². The molecule has 0 bridgehead atoms. The van der Waals surface area contributed by atoms with Crippen molar-refractivity contribution in [2.24, 2.45) is 0 Å². The largest absolute Gasteiger partial charge is 0.312 e. The molecule has 0 unspecified atom stereocenters. The van der Waals surface area contributed by atoms with Crippen molar-refractivity contribution >= 4 is 27.3 Å². The number of amides is 1. The van der Waals surface area contributed by atoms with Gasteiger partial charge in [0.15, 0.2) is 0 Å². The summed E-state index contributed by atoms with van der Waals surface area (Å²) < 4.78 is 40.3. The molecule has 0 atom stereocenters. The minimum atomic E-state index is -3.61. The molecule has 1 aliphatic rings. The van der Waals surface area contributed by atoms with Crippen molar-refractivity contribution in [3.8, 4) is 0 Å². The third-order valence-electron chi connectivity index (χ3n) is 4.27. The Morgan fingerprint density at radius 1 is 1.12 bits per heavy atom. The molecule has 3 rings (SSSR count). The standard InChI is InChI=1S/C19H21FN2O3S/c1-2-11-22-18-9-8-17(12-15(18)5-10-19(22)23)21-26(24,25)13-14-3-6-16(20)7-4-14/h3-4,6-9,12,21H,2,5,10-11,13H2,1H3. The Morgan fingerprint density at radius 2 is 1.85 bits per heavy atom. The number of halogens is 1. The number of rotatable bonds is 6. The summed E-state index contributed by atoms with van der Waals surface area (Å²) in [6.07, 6.45) is 1.89. The number of anilines is 2. The van der Waals surface area contributed by atoms with Gasteiger partial charge in [0.05, 0.1) is 5.75 Å². The highest BCUT2D eigenvalue weighted by atomic mass is 32.2. The highest BCUT2D eigenvalue weighted by molar-refractivity contribution is 7.91. The summed E-state index contributed by atoms with van der Waals surface area (Å²) in [5.74, 6) is -0.533. The van der Waals surface area contributed by atoms with Crippen LogP contribution in [0.15, 0.2) is 42.5 Å². The molecule has 2 aromatic carbocycles. The van der Waals surface area contributed by atoms with Gasteiger partial charge in [-0.2, -0.15) is 0 Å². The van der Waals surface area contributed by atoms with Gasteiger partial charge in [0, 0.05) is 24.3 Å². The normalized spacial score (nSPS) is 14.2. The van der Waals surface area contributed by atoms with Crippen LogP contribution in [0.25, 0.3) is 0 Å². The maximum Gasteiger partial charge on any atom is 0.236 e. The minimum absolute atomic E-state index is 0.101. The summed E-state index contributed by atoms with van der Waals surface area (Å²) in [6, 6.07) is 10.6. The summed E-state index contributed by atoms with van der Waals surface area (Å²) in [4.78, 5) is 13.8. The molecule has 26 heavy (non-hydrogen) atoms. The maximum atomic E-state index is 12.9. The molecule has 0 saturated heterocycles. The van der Waals surface area contributed by atoms with Crippen molar-refractivity contribution in [2.45, 2.75) is 31.9 Å². The number of aryl methyl sites for hydroxylation is 1. The van der Waals surface area contributed by atoms with E-state index in [0.29, 0.717) is 30.6 Å². The van der Waals surface area contributed by atoms with E-state index in [2.05, 4.69) is 4.72 Å². The molecule has 0 radical (unpaired) electrons. The highest BCUT2D eigenvalue weighted by Crippen LogP contribution is 2.31. The Hall–Kier alpha value is -2.41. The number of sulfonamides is 1. The van der Waals surface area contributed by atoms with Crippen LogP contribution >= 0.6 is 0 Å². The van der Waals surface area contributed by atoms with Crippen molar-refractivity contribution in [3.63, 3.8) is 0 Å². The highest BCUT2D eigenvalue weighted by Gasteiger charge is 2.24. The van der Waals surface area contributed by atoms with Crippen LogP contribution in [-0.4, -0.2) is 20.9 Å². The Balaban J connectivity index is 1.78. The molecule has 138 valence electrons. The third kappa shape index (κ3) is 4.22. The first-order valence-electron chi connectivity index (χ1n) is 8.56. The molecule has 1 N–H and O–H groups in total. The molecule has 0 aromatic heterocycles. The summed E-state index contributed by atoms with van der Waals surface area (Å²) >= 11 is 0. The lowest BCUT2D eigenvalue weighted by Crippen LogP contribution is -2.35. The number of carbonyl (C=O) groups is 1. The number of hydrogen-bond acceptors (Lipinski definition) is 3. The van der Waals surface area contributed by atoms with Gasteiger partial charge in [-0.05, 0) is 54.3 Å². The van der Waals surface area contributed by atoms with Crippen molar-refractivity contribution in [2.75, 3.05) is 16.2 Å². The van der Waals surface area contributed by atoms with Gasteiger partial charge in [-0.25, -0.2) is 12.8 Å². The van der Waals surface area contributed by atoms with Gasteiger partial charge in [-0.3, -0.25) is 9.52 Å². The number of fused-ring (bicyclic) bond motifs is 1. The fourth-order valence-corrected chi connectivity index (χ4v) is 4.30. The van der Waals surface area contributed by atoms with E-state index in [1.807, 2.05) is 6.92 Å². The number of nitrogens with zero attached hydrogens (tertiary/aromatic N) is 1. The Kier molecular flexibility index (Phi) is 5.27. The lowest BCUT2D eigenvalue weighted by molar-refractivity contribution is -0.118. The van der Waals surface area contributed by atoms with Crippen molar-refractivity contribution in [1.29, 1.82) is 0 Å². The van der Waals surface area contributed by atoms with E-state index in [4.69, 9.17) is 0 Å². The quantitative estimate of drug-likeness (QED) is 0.840. The SMILES string of the molecule is CCCN1C(=O)CCc2cc(NS(=O)(=O)Cc3ccc(F)cc3)ccc21. The van der Waals surface area contributed by atoms with E-state index in [1.54, 1.807) is 23.1 Å². The molecule has 0 spiro atoms. The average molecular weight is 376 g/mol. The van der Waals surface area contributed by atoms with Crippen LogP contribution in [0, 0.1) is 5.82 Å². The maximum absolute atomic E-state index is 12.9. The molecular formula is C19H21FN2O3S. The predicted molar refractivity (Wildman–Crippen MR) is 100 cm³/mol. The van der Waals surface area contributed by atoms with Crippen molar-refractivity contribution < 1.29 is 17.6 Å². The summed E-state index contributed by atoms with van der Waals surface area (Å²) in [6.45, 7) is 2.67. The summed E-state index contributed by atoms with van der Waals surface area (Å²) in [5, 5.41) is 0. The molecule has 2 aromatic rings. The van der Waals surface area contributed by atoms with Crippen LogP contribution in [-0.2, 0) is 27.0 Å². The molecule has 7 heteroatoms. The Bertz CT molecular complexity index is 911. The van der Waals surface area contributed by atoms with E-state index >= 15 is 0 Å². The second kappa shape index (κ2) is 7.45. The zero-order valence-electron chi connectivity index (χ0n) is 14.5. The Morgan fingerprint density at radius 3 is 2.54 bits per heavy atom. The van der Waals surface area contributed by atoms with Gasteiger partial charge in [-0.15, -0.1) is 0 Å². The van der Waals surface area contributed by atoms with E-state index in [1.165, 1.54) is 24.3 Å². The van der Waals surface area contributed by atoms with Crippen molar-refractivity contribution in [3.05, 3.63) is 59.4 Å². The van der Waals surface area contributed by atoms with Gasteiger partial charge in [0.1, 0.15) is 5.82 Å². The van der Waals surface area contributed by atoms with Gasteiger partial charge >= 0.3 is 0 Å². The summed E-state index contributed by atoms with van der Waals surface area (Å²) in [7, 11) is -3.61. The van der Waals surface area contributed by atoms with Gasteiger partial charge in [0.2, 0.25) is 15.9 Å². The molecule has 1 heterocycles. The third-order valence-corrected chi connectivity index (χ3v) is 5.53.